The number of aromatic hydroxyl groups is 1. The van der Waals surface area contributed by atoms with Crippen LogP contribution in [0.4, 0.5) is 11.5 Å². The molecule has 2 N–H and O–H groups in total. The molecule has 174 valence electrons. The number of H-pyrrole nitrogens is 1. The third-order valence-corrected chi connectivity index (χ3v) is 6.63. The average Bonchev–Trinajstić information content (AvgIpc) is 3.43. The first kappa shape index (κ1) is 21.3. The minimum absolute atomic E-state index is 0.163. The third-order valence-electron chi connectivity index (χ3n) is 6.63. The van der Waals surface area contributed by atoms with Gasteiger partial charge < -0.3 is 19.9 Å². The number of anilines is 1. The Kier molecular flexibility index (Phi) is 5.39. The van der Waals surface area contributed by atoms with Crippen molar-refractivity contribution in [2.45, 2.75) is 0 Å². The number of azo groups is 1. The summed E-state index contributed by atoms with van der Waals surface area (Å²) in [4.78, 5) is 12.3. The lowest BCUT2D eigenvalue weighted by Crippen LogP contribution is -2.44. The van der Waals surface area contributed by atoms with E-state index in [1.165, 1.54) is 0 Å². The maximum atomic E-state index is 10.4. The second kappa shape index (κ2) is 8.85. The molecular weight excluding hydrogens is 436 g/mol. The Morgan fingerprint density at radius 2 is 1.80 bits per heavy atom. The van der Waals surface area contributed by atoms with Crippen LogP contribution in [0.1, 0.15) is 11.1 Å². The predicted molar refractivity (Wildman–Crippen MR) is 140 cm³/mol. The number of nitrogens with zero attached hydrogens (tertiary/aromatic N) is 5. The van der Waals surface area contributed by atoms with Crippen LogP contribution in [0.25, 0.3) is 28.8 Å². The van der Waals surface area contributed by atoms with E-state index in [1.807, 2.05) is 66.9 Å². The van der Waals surface area contributed by atoms with Crippen molar-refractivity contribution >= 4 is 40.3 Å². The summed E-state index contributed by atoms with van der Waals surface area (Å²) < 4.78 is 0. The van der Waals surface area contributed by atoms with Crippen LogP contribution in [0.2, 0.25) is 0 Å². The van der Waals surface area contributed by atoms with Gasteiger partial charge in [0.25, 0.3) is 0 Å². The zero-order valence-electron chi connectivity index (χ0n) is 19.5. The molecule has 0 radical (unpaired) electrons. The molecule has 0 atom stereocenters. The fraction of sp³-hybridized carbons (Fsp3) is 0.179. The summed E-state index contributed by atoms with van der Waals surface area (Å²) in [5.41, 5.74) is 4.35. The smallest absolute Gasteiger partial charge is 0.196 e. The van der Waals surface area contributed by atoms with E-state index in [9.17, 15) is 5.11 Å². The zero-order chi connectivity index (χ0) is 23.8. The van der Waals surface area contributed by atoms with Gasteiger partial charge in [-0.1, -0.05) is 30.3 Å². The lowest BCUT2D eigenvalue weighted by Gasteiger charge is -2.33. The molecule has 7 heteroatoms. The fourth-order valence-corrected chi connectivity index (χ4v) is 4.58. The Balaban J connectivity index is 1.24. The van der Waals surface area contributed by atoms with E-state index in [1.54, 1.807) is 0 Å². The minimum atomic E-state index is 0.163. The summed E-state index contributed by atoms with van der Waals surface area (Å²) in [6.07, 6.45) is 7.87. The van der Waals surface area contributed by atoms with Gasteiger partial charge in [-0.2, -0.15) is 0 Å². The van der Waals surface area contributed by atoms with E-state index in [4.69, 9.17) is 0 Å². The molecule has 35 heavy (non-hydrogen) atoms. The number of hydrogen-bond acceptors (Lipinski definition) is 6. The molecule has 1 saturated heterocycles. The van der Waals surface area contributed by atoms with Crippen LogP contribution in [0.15, 0.2) is 77.1 Å². The highest BCUT2D eigenvalue weighted by molar-refractivity contribution is 5.91. The predicted octanol–water partition coefficient (Wildman–Crippen LogP) is 3.77. The van der Waals surface area contributed by atoms with Gasteiger partial charge in [0, 0.05) is 54.1 Å². The molecule has 0 saturated carbocycles. The van der Waals surface area contributed by atoms with Crippen molar-refractivity contribution in [3.8, 4) is 5.88 Å². The topological polar surface area (TPSA) is 80.1 Å². The van der Waals surface area contributed by atoms with Gasteiger partial charge in [0.2, 0.25) is 0 Å². The summed E-state index contributed by atoms with van der Waals surface area (Å²) in [6, 6.07) is 18.1. The number of piperazine rings is 1. The molecule has 2 aromatic carbocycles. The van der Waals surface area contributed by atoms with Gasteiger partial charge in [0.1, 0.15) is 5.82 Å². The van der Waals surface area contributed by atoms with Gasteiger partial charge in [-0.3, -0.25) is 0 Å². The van der Waals surface area contributed by atoms with Gasteiger partial charge in [0.05, 0.1) is 11.4 Å². The van der Waals surface area contributed by atoms with E-state index in [2.05, 4.69) is 49.2 Å². The summed E-state index contributed by atoms with van der Waals surface area (Å²) in [5.74, 6) is 1.19. The monoisotopic (exact) mass is 462 g/mol. The quantitative estimate of drug-likeness (QED) is 0.484. The number of rotatable bonds is 4. The van der Waals surface area contributed by atoms with Crippen LogP contribution < -0.4 is 15.3 Å². The number of benzene rings is 2. The van der Waals surface area contributed by atoms with E-state index in [0.717, 1.165) is 75.8 Å². The highest BCUT2D eigenvalue weighted by atomic mass is 16.3. The first-order valence-electron chi connectivity index (χ1n) is 11.8. The molecule has 0 bridgehead atoms. The molecule has 1 fully saturated rings. The van der Waals surface area contributed by atoms with Crippen LogP contribution in [0.5, 0.6) is 5.88 Å². The molecule has 4 aromatic rings. The molecule has 0 unspecified atom stereocenters. The SMILES string of the molecule is CN1CCN(c2ccc(/C=C/C3=c4cc/c(=C\c5c(O)[nH]c6ccccc56)cc4N=N3)cn2)CC1. The molecule has 0 aliphatic carbocycles. The number of hydrogen-bond donors (Lipinski definition) is 2. The van der Waals surface area contributed by atoms with Crippen molar-refractivity contribution < 1.29 is 5.11 Å². The van der Waals surface area contributed by atoms with Crippen LogP contribution in [0.3, 0.4) is 0 Å². The second-order valence-electron chi connectivity index (χ2n) is 9.01. The minimum Gasteiger partial charge on any atom is -0.494 e. The first-order chi connectivity index (χ1) is 17.1. The van der Waals surface area contributed by atoms with Crippen molar-refractivity contribution in [1.29, 1.82) is 0 Å². The maximum Gasteiger partial charge on any atom is 0.196 e. The molecular formula is C28H26N6O. The lowest BCUT2D eigenvalue weighted by atomic mass is 10.1. The van der Waals surface area contributed by atoms with Gasteiger partial charge in [-0.05, 0) is 60.3 Å². The van der Waals surface area contributed by atoms with Crippen molar-refractivity contribution in [1.82, 2.24) is 14.9 Å². The number of fused-ring (bicyclic) bond motifs is 2. The van der Waals surface area contributed by atoms with Crippen molar-refractivity contribution in [2.24, 2.45) is 10.2 Å². The number of aromatic amines is 1. The second-order valence-corrected chi connectivity index (χ2v) is 9.01. The molecule has 0 amide bonds. The Morgan fingerprint density at radius 3 is 2.63 bits per heavy atom. The van der Waals surface area contributed by atoms with Crippen LogP contribution >= 0.6 is 0 Å². The van der Waals surface area contributed by atoms with Crippen LogP contribution in [0, 0.1) is 0 Å². The number of nitrogens with one attached hydrogen (secondary N) is 1. The summed E-state index contributed by atoms with van der Waals surface area (Å²) in [6.45, 7) is 4.14. The third kappa shape index (κ3) is 4.22. The van der Waals surface area contributed by atoms with Crippen molar-refractivity contribution in [3.05, 3.63) is 88.4 Å². The number of likely N-dealkylation sites (N-methyl/N-ethyl adjacent to an activating group) is 1. The van der Waals surface area contributed by atoms with E-state index < -0.39 is 0 Å². The highest BCUT2D eigenvalue weighted by Gasteiger charge is 2.15. The number of para-hydroxylation sites is 1. The van der Waals surface area contributed by atoms with E-state index >= 15 is 0 Å². The van der Waals surface area contributed by atoms with Gasteiger partial charge in [0.15, 0.2) is 5.88 Å². The van der Waals surface area contributed by atoms with E-state index in [0.29, 0.717) is 0 Å². The van der Waals surface area contributed by atoms with Crippen molar-refractivity contribution in [2.75, 3.05) is 38.1 Å². The standard InChI is InChI=1S/C28H26N6O/c1-33-12-14-34(15-13-33)27-11-8-19(18-29-27)7-10-25-22-9-6-20(17-26(22)32-31-25)16-23-21-4-2-3-5-24(21)30-28(23)35/h2-11,16-18,30,35H,12-15H2,1H3/b10-7+,20-16+. The van der Waals surface area contributed by atoms with Crippen LogP contribution in [-0.4, -0.2) is 53.2 Å². The van der Waals surface area contributed by atoms with Gasteiger partial charge >= 0.3 is 0 Å². The molecule has 6 rings (SSSR count). The average molecular weight is 463 g/mol. The largest absolute Gasteiger partial charge is 0.494 e. The normalized spacial score (nSPS) is 16.7. The van der Waals surface area contributed by atoms with E-state index in [-0.39, 0.29) is 5.88 Å². The first-order valence-corrected chi connectivity index (χ1v) is 11.8. The molecule has 2 aliphatic rings. The Labute approximate surface area is 203 Å². The summed E-state index contributed by atoms with van der Waals surface area (Å²) in [7, 11) is 2.16. The number of aromatic nitrogens is 2. The highest BCUT2D eigenvalue weighted by Crippen LogP contribution is 2.27. The Bertz CT molecular complexity index is 1570. The van der Waals surface area contributed by atoms with Gasteiger partial charge in [-0.25, -0.2) is 4.98 Å². The zero-order valence-corrected chi connectivity index (χ0v) is 19.5. The molecule has 0 spiro atoms. The molecule has 7 nitrogen and oxygen atoms in total. The molecule has 4 heterocycles. The van der Waals surface area contributed by atoms with Crippen molar-refractivity contribution in [3.63, 3.8) is 0 Å². The molecule has 2 aliphatic heterocycles. The number of pyridine rings is 1. The molecule has 2 aromatic heterocycles. The van der Waals surface area contributed by atoms with Gasteiger partial charge in [-0.15, -0.1) is 10.2 Å². The Hall–Kier alpha value is -4.23. The summed E-state index contributed by atoms with van der Waals surface area (Å²) >= 11 is 0. The maximum absolute atomic E-state index is 10.4. The summed E-state index contributed by atoms with van der Waals surface area (Å²) in [5, 5.41) is 22.0. The van der Waals surface area contributed by atoms with Crippen LogP contribution in [-0.2, 0) is 0 Å². The Morgan fingerprint density at radius 1 is 0.943 bits per heavy atom. The fourth-order valence-electron chi connectivity index (χ4n) is 4.58. The lowest BCUT2D eigenvalue weighted by molar-refractivity contribution is 0.312.